The first-order valence-electron chi connectivity index (χ1n) is 10.1. The molecule has 0 fully saturated rings. The van der Waals surface area contributed by atoms with Gasteiger partial charge in [-0.25, -0.2) is 0 Å². The zero-order valence-electron chi connectivity index (χ0n) is 16.1. The van der Waals surface area contributed by atoms with Crippen LogP contribution in [0.15, 0.2) is 24.3 Å². The Kier molecular flexibility index (Phi) is 11.8. The molecule has 0 aliphatic carbocycles. The van der Waals surface area contributed by atoms with E-state index < -0.39 is 5.97 Å². The van der Waals surface area contributed by atoms with E-state index in [4.69, 9.17) is 9.84 Å². The van der Waals surface area contributed by atoms with Crippen LogP contribution in [0.3, 0.4) is 0 Å². The zero-order chi connectivity index (χ0) is 18.3. The summed E-state index contributed by atoms with van der Waals surface area (Å²) in [7, 11) is 0. The molecule has 1 aromatic carbocycles. The van der Waals surface area contributed by atoms with Crippen molar-refractivity contribution in [1.29, 1.82) is 0 Å². The van der Waals surface area contributed by atoms with Crippen molar-refractivity contribution in [3.8, 4) is 5.75 Å². The molecule has 3 heteroatoms. The van der Waals surface area contributed by atoms with Crippen LogP contribution in [0, 0.1) is 0 Å². The first-order chi connectivity index (χ1) is 12.1. The van der Waals surface area contributed by atoms with Crippen LogP contribution in [0.25, 0.3) is 0 Å². The Labute approximate surface area is 153 Å². The van der Waals surface area contributed by atoms with Gasteiger partial charge < -0.3 is 9.84 Å². The molecule has 0 aliphatic heterocycles. The van der Waals surface area contributed by atoms with Crippen molar-refractivity contribution in [1.82, 2.24) is 0 Å². The van der Waals surface area contributed by atoms with E-state index >= 15 is 0 Å². The van der Waals surface area contributed by atoms with Crippen LogP contribution in [0.5, 0.6) is 5.75 Å². The molecule has 1 aromatic rings. The highest BCUT2D eigenvalue weighted by Gasteiger charge is 2.08. The summed E-state index contributed by atoms with van der Waals surface area (Å²) in [4.78, 5) is 10.6. The Hall–Kier alpha value is -1.51. The molecule has 0 heterocycles. The van der Waals surface area contributed by atoms with Crippen LogP contribution in [-0.2, 0) is 11.2 Å². The van der Waals surface area contributed by atoms with E-state index in [-0.39, 0.29) is 12.5 Å². The highest BCUT2D eigenvalue weighted by Crippen LogP contribution is 2.17. The fourth-order valence-corrected chi connectivity index (χ4v) is 3.07. The van der Waals surface area contributed by atoms with Gasteiger partial charge in [-0.2, -0.15) is 0 Å². The van der Waals surface area contributed by atoms with E-state index in [2.05, 4.69) is 19.1 Å². The largest absolute Gasteiger partial charge is 0.490 e. The van der Waals surface area contributed by atoms with Crippen molar-refractivity contribution in [2.24, 2.45) is 0 Å². The van der Waals surface area contributed by atoms with E-state index in [9.17, 15) is 4.79 Å². The molecule has 0 saturated heterocycles. The average molecular weight is 349 g/mol. The summed E-state index contributed by atoms with van der Waals surface area (Å²) < 4.78 is 5.60. The van der Waals surface area contributed by atoms with E-state index in [1.165, 1.54) is 69.8 Å². The minimum absolute atomic E-state index is 0.0281. The Morgan fingerprint density at radius 3 is 1.96 bits per heavy atom. The molecular weight excluding hydrogens is 312 g/mol. The van der Waals surface area contributed by atoms with Crippen molar-refractivity contribution in [2.45, 2.75) is 97.0 Å². The Balaban J connectivity index is 2.07. The number of carboxylic acids is 1. The number of unbranched alkanes of at least 4 members (excludes halogenated alkanes) is 9. The van der Waals surface area contributed by atoms with Gasteiger partial charge in [-0.15, -0.1) is 0 Å². The van der Waals surface area contributed by atoms with Crippen LogP contribution in [0.4, 0.5) is 0 Å². The molecule has 0 amide bonds. The number of carbonyl (C=O) groups is 1. The molecule has 1 N–H and O–H groups in total. The fourth-order valence-electron chi connectivity index (χ4n) is 3.07. The van der Waals surface area contributed by atoms with Gasteiger partial charge in [0.1, 0.15) is 11.9 Å². The minimum atomic E-state index is -0.829. The molecule has 0 spiro atoms. The van der Waals surface area contributed by atoms with Gasteiger partial charge in [0.15, 0.2) is 0 Å². The molecule has 0 saturated carbocycles. The summed E-state index contributed by atoms with van der Waals surface area (Å²) in [6.07, 6.45) is 14.4. The van der Waals surface area contributed by atoms with Gasteiger partial charge in [0, 0.05) is 0 Å². The lowest BCUT2D eigenvalue weighted by Gasteiger charge is -2.13. The third kappa shape index (κ3) is 11.6. The molecule has 1 atom stereocenters. The van der Waals surface area contributed by atoms with Crippen LogP contribution >= 0.6 is 0 Å². The molecule has 0 aliphatic rings. The average Bonchev–Trinajstić information content (AvgIpc) is 2.57. The zero-order valence-corrected chi connectivity index (χ0v) is 16.1. The summed E-state index contributed by atoms with van der Waals surface area (Å²) in [5.74, 6) is -0.0781. The van der Waals surface area contributed by atoms with E-state index in [0.29, 0.717) is 0 Å². The minimum Gasteiger partial charge on any atom is -0.490 e. The number of hydrogen-bond donors (Lipinski definition) is 1. The van der Waals surface area contributed by atoms with E-state index in [1.807, 2.05) is 12.1 Å². The molecule has 142 valence electrons. The lowest BCUT2D eigenvalue weighted by molar-refractivity contribution is -0.138. The van der Waals surface area contributed by atoms with Crippen molar-refractivity contribution in [3.05, 3.63) is 29.8 Å². The highest BCUT2D eigenvalue weighted by atomic mass is 16.5. The SMILES string of the molecule is CCCCCCCCCCCCc1ccc(OC(C)CC(=O)O)cc1. The normalized spacial score (nSPS) is 12.1. The van der Waals surface area contributed by atoms with Gasteiger partial charge in [0.05, 0.1) is 6.42 Å². The summed E-state index contributed by atoms with van der Waals surface area (Å²) in [5.41, 5.74) is 1.33. The number of hydrogen-bond acceptors (Lipinski definition) is 2. The molecule has 0 radical (unpaired) electrons. The molecule has 1 unspecified atom stereocenters. The van der Waals surface area contributed by atoms with Gasteiger partial charge >= 0.3 is 5.97 Å². The predicted molar refractivity (Wildman–Crippen MR) is 104 cm³/mol. The molecule has 3 nitrogen and oxygen atoms in total. The Bertz CT molecular complexity index is 453. The highest BCUT2D eigenvalue weighted by molar-refractivity contribution is 5.67. The quantitative estimate of drug-likeness (QED) is 0.373. The maximum absolute atomic E-state index is 10.6. The number of benzene rings is 1. The summed E-state index contributed by atoms with van der Waals surface area (Å²) >= 11 is 0. The van der Waals surface area contributed by atoms with Crippen LogP contribution in [0.1, 0.15) is 90.0 Å². The van der Waals surface area contributed by atoms with Crippen LogP contribution in [-0.4, -0.2) is 17.2 Å². The van der Waals surface area contributed by atoms with Crippen molar-refractivity contribution in [3.63, 3.8) is 0 Å². The lowest BCUT2D eigenvalue weighted by atomic mass is 10.0. The molecular formula is C22H36O3. The van der Waals surface area contributed by atoms with Gasteiger partial charge in [0.2, 0.25) is 0 Å². The number of rotatable bonds is 15. The van der Waals surface area contributed by atoms with Crippen molar-refractivity contribution < 1.29 is 14.6 Å². The van der Waals surface area contributed by atoms with Gasteiger partial charge in [-0.3, -0.25) is 4.79 Å². The maximum Gasteiger partial charge on any atom is 0.307 e. The van der Waals surface area contributed by atoms with E-state index in [0.717, 1.165) is 12.2 Å². The van der Waals surface area contributed by atoms with Crippen LogP contribution < -0.4 is 4.74 Å². The molecule has 25 heavy (non-hydrogen) atoms. The second-order valence-electron chi connectivity index (χ2n) is 7.10. The Morgan fingerprint density at radius 1 is 0.920 bits per heavy atom. The number of ether oxygens (including phenoxy) is 1. The number of carboxylic acid groups (broad SMARTS) is 1. The summed E-state index contributed by atoms with van der Waals surface area (Å²) in [6.45, 7) is 4.05. The second-order valence-corrected chi connectivity index (χ2v) is 7.10. The van der Waals surface area contributed by atoms with Gasteiger partial charge in [-0.05, 0) is 37.5 Å². The maximum atomic E-state index is 10.6. The lowest BCUT2D eigenvalue weighted by Crippen LogP contribution is -2.16. The first kappa shape index (κ1) is 21.5. The second kappa shape index (κ2) is 13.7. The van der Waals surface area contributed by atoms with Gasteiger partial charge in [-0.1, -0.05) is 76.8 Å². The fraction of sp³-hybridized carbons (Fsp3) is 0.682. The van der Waals surface area contributed by atoms with Crippen LogP contribution in [0.2, 0.25) is 0 Å². The Morgan fingerprint density at radius 2 is 1.44 bits per heavy atom. The molecule has 0 aromatic heterocycles. The summed E-state index contributed by atoms with van der Waals surface area (Å²) in [6, 6.07) is 8.08. The monoisotopic (exact) mass is 348 g/mol. The third-order valence-electron chi connectivity index (χ3n) is 4.54. The topological polar surface area (TPSA) is 46.5 Å². The predicted octanol–water partition coefficient (Wildman–Crippen LogP) is 6.39. The van der Waals surface area contributed by atoms with Crippen molar-refractivity contribution >= 4 is 5.97 Å². The van der Waals surface area contributed by atoms with Crippen molar-refractivity contribution in [2.75, 3.05) is 0 Å². The molecule has 1 rings (SSSR count). The number of aliphatic carboxylic acids is 1. The summed E-state index contributed by atoms with van der Waals surface area (Å²) in [5, 5.41) is 8.75. The third-order valence-corrected chi connectivity index (χ3v) is 4.54. The first-order valence-corrected chi connectivity index (χ1v) is 10.1. The van der Waals surface area contributed by atoms with Gasteiger partial charge in [0.25, 0.3) is 0 Å². The molecule has 0 bridgehead atoms. The number of aryl methyl sites for hydroxylation is 1. The smallest absolute Gasteiger partial charge is 0.307 e. The standard InChI is InChI=1S/C22H36O3/c1-3-4-5-6-7-8-9-10-11-12-13-20-14-16-21(17-15-20)25-19(2)18-22(23)24/h14-17,19H,3-13,18H2,1-2H3,(H,23,24). The van der Waals surface area contributed by atoms with E-state index in [1.54, 1.807) is 6.92 Å².